The molecule has 5 N–H and O–H groups in total. The Kier molecular flexibility index (Phi) is 4.47. The Morgan fingerprint density at radius 2 is 2.19 bits per heavy atom. The van der Waals surface area contributed by atoms with Crippen LogP contribution in [0, 0.1) is 5.41 Å². The summed E-state index contributed by atoms with van der Waals surface area (Å²) < 4.78 is 0. The SMILES string of the molecule is CC1(C(N)=O)CCN(CCC(=O)Nc2cccc(N)c2)C1. The maximum atomic E-state index is 11.9. The van der Waals surface area contributed by atoms with Gasteiger partial charge >= 0.3 is 0 Å². The van der Waals surface area contributed by atoms with Gasteiger partial charge < -0.3 is 21.7 Å². The number of nitrogen functional groups attached to an aromatic ring is 1. The number of benzene rings is 1. The molecule has 0 aliphatic carbocycles. The average Bonchev–Trinajstić information content (AvgIpc) is 2.80. The van der Waals surface area contributed by atoms with Crippen LogP contribution < -0.4 is 16.8 Å². The summed E-state index contributed by atoms with van der Waals surface area (Å²) in [5, 5.41) is 2.81. The molecule has 6 heteroatoms. The minimum Gasteiger partial charge on any atom is -0.399 e. The summed E-state index contributed by atoms with van der Waals surface area (Å²) in [5.74, 6) is -0.331. The largest absolute Gasteiger partial charge is 0.399 e. The first-order valence-corrected chi connectivity index (χ1v) is 7.07. The zero-order valence-corrected chi connectivity index (χ0v) is 12.3. The van der Waals surface area contributed by atoms with E-state index in [0.717, 1.165) is 13.0 Å². The molecule has 0 aromatic heterocycles. The third-order valence-electron chi connectivity index (χ3n) is 3.97. The molecule has 2 amide bonds. The Bertz CT molecular complexity index is 546. The molecule has 0 spiro atoms. The molecule has 0 bridgehead atoms. The van der Waals surface area contributed by atoms with E-state index in [2.05, 4.69) is 10.2 Å². The van der Waals surface area contributed by atoms with Crippen molar-refractivity contribution in [2.75, 3.05) is 30.7 Å². The highest BCUT2D eigenvalue weighted by Crippen LogP contribution is 2.29. The molecule has 0 radical (unpaired) electrons. The van der Waals surface area contributed by atoms with E-state index in [0.29, 0.717) is 30.9 Å². The van der Waals surface area contributed by atoms with Crippen LogP contribution >= 0.6 is 0 Å². The number of anilines is 2. The Morgan fingerprint density at radius 1 is 1.43 bits per heavy atom. The summed E-state index contributed by atoms with van der Waals surface area (Å²) in [6.07, 6.45) is 1.13. The molecule has 1 unspecified atom stereocenters. The van der Waals surface area contributed by atoms with E-state index < -0.39 is 5.41 Å². The number of nitrogens with two attached hydrogens (primary N) is 2. The average molecular weight is 290 g/mol. The molecule has 1 atom stereocenters. The molecule has 6 nitrogen and oxygen atoms in total. The highest BCUT2D eigenvalue weighted by Gasteiger charge is 2.38. The van der Waals surface area contributed by atoms with Crippen molar-refractivity contribution in [3.05, 3.63) is 24.3 Å². The minimum atomic E-state index is -0.468. The number of carbonyl (C=O) groups is 2. The fourth-order valence-electron chi connectivity index (χ4n) is 2.55. The molecule has 114 valence electrons. The Hall–Kier alpha value is -2.08. The third-order valence-corrected chi connectivity index (χ3v) is 3.97. The van der Waals surface area contributed by atoms with Crippen LogP contribution in [0.1, 0.15) is 19.8 Å². The van der Waals surface area contributed by atoms with Crippen LogP contribution in [0.4, 0.5) is 11.4 Å². The number of nitrogens with zero attached hydrogens (tertiary/aromatic N) is 1. The number of rotatable bonds is 5. The van der Waals surface area contributed by atoms with Gasteiger partial charge in [0.05, 0.1) is 5.41 Å². The van der Waals surface area contributed by atoms with Gasteiger partial charge in [0.1, 0.15) is 0 Å². The van der Waals surface area contributed by atoms with Gasteiger partial charge in [-0.3, -0.25) is 9.59 Å². The summed E-state index contributed by atoms with van der Waals surface area (Å²) in [5.41, 5.74) is 11.9. The number of hydrogen-bond acceptors (Lipinski definition) is 4. The van der Waals surface area contributed by atoms with Gasteiger partial charge in [0, 0.05) is 30.9 Å². The van der Waals surface area contributed by atoms with Gasteiger partial charge in [0.2, 0.25) is 11.8 Å². The van der Waals surface area contributed by atoms with E-state index in [1.54, 1.807) is 24.3 Å². The predicted octanol–water partition coefficient (Wildman–Crippen LogP) is 0.795. The first-order chi connectivity index (χ1) is 9.89. The lowest BCUT2D eigenvalue weighted by Gasteiger charge is -2.20. The van der Waals surface area contributed by atoms with E-state index in [1.807, 2.05) is 6.92 Å². The van der Waals surface area contributed by atoms with Crippen molar-refractivity contribution in [3.8, 4) is 0 Å². The molecule has 1 aliphatic rings. The zero-order chi connectivity index (χ0) is 15.5. The van der Waals surface area contributed by atoms with E-state index in [4.69, 9.17) is 11.5 Å². The lowest BCUT2D eigenvalue weighted by molar-refractivity contribution is -0.126. The standard InChI is InChI=1S/C15H22N4O2/c1-15(14(17)21)6-8-19(10-15)7-5-13(20)18-12-4-2-3-11(16)9-12/h2-4,9H,5-8,10,16H2,1H3,(H2,17,21)(H,18,20). The van der Waals surface area contributed by atoms with Crippen LogP contribution in [0.3, 0.4) is 0 Å². The van der Waals surface area contributed by atoms with Crippen molar-refractivity contribution in [2.45, 2.75) is 19.8 Å². The molecular weight excluding hydrogens is 268 g/mol. The summed E-state index contributed by atoms with van der Waals surface area (Å²) in [6.45, 7) is 3.91. The number of likely N-dealkylation sites (tertiary alicyclic amines) is 1. The zero-order valence-electron chi connectivity index (χ0n) is 12.3. The number of primary amides is 1. The van der Waals surface area contributed by atoms with Crippen LogP contribution in [0.5, 0.6) is 0 Å². The summed E-state index contributed by atoms with van der Waals surface area (Å²) in [7, 11) is 0. The van der Waals surface area contributed by atoms with E-state index >= 15 is 0 Å². The smallest absolute Gasteiger partial charge is 0.225 e. The summed E-state index contributed by atoms with van der Waals surface area (Å²) in [6, 6.07) is 7.08. The second kappa shape index (κ2) is 6.13. The molecule has 1 aromatic carbocycles. The van der Waals surface area contributed by atoms with Crippen molar-refractivity contribution in [3.63, 3.8) is 0 Å². The van der Waals surface area contributed by atoms with Crippen LogP contribution in [-0.2, 0) is 9.59 Å². The lowest BCUT2D eigenvalue weighted by Crippen LogP contribution is -2.37. The minimum absolute atomic E-state index is 0.0618. The fraction of sp³-hybridized carbons (Fsp3) is 0.467. The topological polar surface area (TPSA) is 101 Å². The van der Waals surface area contributed by atoms with Crippen LogP contribution in [0.25, 0.3) is 0 Å². The first-order valence-electron chi connectivity index (χ1n) is 7.07. The molecule has 1 aromatic rings. The first kappa shape index (κ1) is 15.3. The number of hydrogen-bond donors (Lipinski definition) is 3. The molecule has 1 aliphatic heterocycles. The van der Waals surface area contributed by atoms with Crippen molar-refractivity contribution in [1.82, 2.24) is 4.90 Å². The highest BCUT2D eigenvalue weighted by molar-refractivity contribution is 5.91. The van der Waals surface area contributed by atoms with E-state index in [-0.39, 0.29) is 11.8 Å². The summed E-state index contributed by atoms with van der Waals surface area (Å²) >= 11 is 0. The van der Waals surface area contributed by atoms with Crippen LogP contribution in [-0.4, -0.2) is 36.3 Å². The van der Waals surface area contributed by atoms with Gasteiger partial charge in [-0.05, 0) is 38.1 Å². The van der Waals surface area contributed by atoms with Gasteiger partial charge in [0.15, 0.2) is 0 Å². The van der Waals surface area contributed by atoms with Gasteiger partial charge in [0.25, 0.3) is 0 Å². The van der Waals surface area contributed by atoms with E-state index in [1.165, 1.54) is 0 Å². The van der Waals surface area contributed by atoms with Crippen molar-refractivity contribution < 1.29 is 9.59 Å². The third kappa shape index (κ3) is 3.95. The van der Waals surface area contributed by atoms with Crippen LogP contribution in [0.2, 0.25) is 0 Å². The summed E-state index contributed by atoms with van der Waals surface area (Å²) in [4.78, 5) is 25.4. The normalized spacial score (nSPS) is 22.1. The Labute approximate surface area is 124 Å². The van der Waals surface area contributed by atoms with Gasteiger partial charge in [-0.1, -0.05) is 6.07 Å². The Morgan fingerprint density at radius 3 is 2.81 bits per heavy atom. The molecular formula is C15H22N4O2. The monoisotopic (exact) mass is 290 g/mol. The molecule has 2 rings (SSSR count). The van der Waals surface area contributed by atoms with Gasteiger partial charge in [-0.15, -0.1) is 0 Å². The Balaban J connectivity index is 1.79. The molecule has 21 heavy (non-hydrogen) atoms. The van der Waals surface area contributed by atoms with Crippen LogP contribution in [0.15, 0.2) is 24.3 Å². The fourth-order valence-corrected chi connectivity index (χ4v) is 2.55. The van der Waals surface area contributed by atoms with Crippen molar-refractivity contribution in [1.29, 1.82) is 0 Å². The second-order valence-electron chi connectivity index (χ2n) is 5.87. The lowest BCUT2D eigenvalue weighted by atomic mass is 9.89. The molecule has 0 saturated carbocycles. The number of amides is 2. The van der Waals surface area contributed by atoms with Gasteiger partial charge in [-0.2, -0.15) is 0 Å². The molecule has 1 fully saturated rings. The predicted molar refractivity (Wildman–Crippen MR) is 82.5 cm³/mol. The highest BCUT2D eigenvalue weighted by atomic mass is 16.2. The number of carbonyl (C=O) groups excluding carboxylic acids is 2. The maximum absolute atomic E-state index is 11.9. The quantitative estimate of drug-likeness (QED) is 0.698. The van der Waals surface area contributed by atoms with E-state index in [9.17, 15) is 9.59 Å². The van der Waals surface area contributed by atoms with Crippen molar-refractivity contribution in [2.24, 2.45) is 11.1 Å². The molecule has 1 saturated heterocycles. The second-order valence-corrected chi connectivity index (χ2v) is 5.87. The number of nitrogens with one attached hydrogen (secondary N) is 1. The maximum Gasteiger partial charge on any atom is 0.225 e. The van der Waals surface area contributed by atoms with Gasteiger partial charge in [-0.25, -0.2) is 0 Å². The molecule has 1 heterocycles. The van der Waals surface area contributed by atoms with Crippen molar-refractivity contribution >= 4 is 23.2 Å².